The van der Waals surface area contributed by atoms with Crippen molar-refractivity contribution < 1.29 is 4.79 Å². The molecule has 4 heteroatoms. The van der Waals surface area contributed by atoms with Crippen LogP contribution in [0.15, 0.2) is 24.3 Å². The summed E-state index contributed by atoms with van der Waals surface area (Å²) in [5.74, 6) is 0.643. The third-order valence-electron chi connectivity index (χ3n) is 2.89. The first-order valence-electron chi connectivity index (χ1n) is 5.45. The molecule has 0 radical (unpaired) electrons. The topological polar surface area (TPSA) is 46.3 Å². The highest BCUT2D eigenvalue weighted by atomic mass is 35.5. The maximum Gasteiger partial charge on any atom is 0.253 e. The minimum absolute atomic E-state index is 0.0655. The molecular formula is C12H15ClN2O. The predicted octanol–water partition coefficient (Wildman–Crippen LogP) is 1.76. The van der Waals surface area contributed by atoms with Crippen molar-refractivity contribution in [3.63, 3.8) is 0 Å². The van der Waals surface area contributed by atoms with Crippen molar-refractivity contribution in [3.8, 4) is 0 Å². The molecule has 0 aliphatic carbocycles. The van der Waals surface area contributed by atoms with Gasteiger partial charge >= 0.3 is 0 Å². The van der Waals surface area contributed by atoms with Gasteiger partial charge in [0, 0.05) is 23.7 Å². The molecule has 1 amide bonds. The molecular weight excluding hydrogens is 224 g/mol. The van der Waals surface area contributed by atoms with Gasteiger partial charge in [-0.2, -0.15) is 0 Å². The first kappa shape index (κ1) is 11.4. The Bertz CT molecular complexity index is 388. The van der Waals surface area contributed by atoms with Gasteiger partial charge in [0.15, 0.2) is 0 Å². The van der Waals surface area contributed by atoms with Gasteiger partial charge in [0.05, 0.1) is 0 Å². The molecule has 0 aromatic heterocycles. The lowest BCUT2D eigenvalue weighted by Crippen LogP contribution is -2.50. The van der Waals surface area contributed by atoms with Gasteiger partial charge in [-0.05, 0) is 37.1 Å². The van der Waals surface area contributed by atoms with Gasteiger partial charge in [-0.1, -0.05) is 17.7 Å². The summed E-state index contributed by atoms with van der Waals surface area (Å²) in [6.45, 7) is 2.34. The molecule has 1 aromatic rings. The summed E-state index contributed by atoms with van der Waals surface area (Å²) >= 11 is 5.85. The zero-order valence-corrected chi connectivity index (χ0v) is 9.78. The fourth-order valence-electron chi connectivity index (χ4n) is 1.96. The van der Waals surface area contributed by atoms with Crippen molar-refractivity contribution in [1.82, 2.24) is 4.90 Å². The number of hydrogen-bond donors (Lipinski definition) is 1. The normalized spacial score (nSPS) is 16.0. The third kappa shape index (κ3) is 2.36. The summed E-state index contributed by atoms with van der Waals surface area (Å²) in [7, 11) is 0. The van der Waals surface area contributed by atoms with Crippen LogP contribution in [0.5, 0.6) is 0 Å². The molecule has 1 aliphatic rings. The summed E-state index contributed by atoms with van der Waals surface area (Å²) in [4.78, 5) is 13.8. The van der Waals surface area contributed by atoms with Gasteiger partial charge in [0.1, 0.15) is 0 Å². The number of benzene rings is 1. The zero-order chi connectivity index (χ0) is 11.5. The van der Waals surface area contributed by atoms with Crippen LogP contribution in [0.1, 0.15) is 16.8 Å². The van der Waals surface area contributed by atoms with Gasteiger partial charge in [-0.25, -0.2) is 0 Å². The van der Waals surface area contributed by atoms with E-state index in [1.165, 1.54) is 0 Å². The number of nitrogens with zero attached hydrogens (tertiary/aromatic N) is 1. The van der Waals surface area contributed by atoms with Crippen LogP contribution in [-0.2, 0) is 0 Å². The summed E-state index contributed by atoms with van der Waals surface area (Å²) in [5, 5.41) is 0.602. The Balaban J connectivity index is 1.95. The molecule has 0 atom stereocenters. The number of amides is 1. The highest BCUT2D eigenvalue weighted by molar-refractivity contribution is 6.30. The molecule has 2 N–H and O–H groups in total. The molecule has 3 nitrogen and oxygen atoms in total. The number of hydrogen-bond acceptors (Lipinski definition) is 2. The molecule has 0 bridgehead atoms. The largest absolute Gasteiger partial charge is 0.338 e. The summed E-state index contributed by atoms with van der Waals surface area (Å²) in [6, 6.07) is 7.07. The third-order valence-corrected chi connectivity index (χ3v) is 3.13. The molecule has 1 fully saturated rings. The van der Waals surface area contributed by atoms with E-state index in [0.717, 1.165) is 19.5 Å². The lowest BCUT2D eigenvalue weighted by atomic mass is 9.95. The predicted molar refractivity (Wildman–Crippen MR) is 64.5 cm³/mol. The summed E-state index contributed by atoms with van der Waals surface area (Å²) in [5.41, 5.74) is 6.14. The number of carbonyl (C=O) groups excluding carboxylic acids is 1. The van der Waals surface area contributed by atoms with Crippen LogP contribution in [-0.4, -0.2) is 30.4 Å². The molecule has 86 valence electrons. The highest BCUT2D eigenvalue weighted by Crippen LogP contribution is 2.21. The highest BCUT2D eigenvalue weighted by Gasteiger charge is 2.30. The van der Waals surface area contributed by atoms with Gasteiger partial charge in [-0.15, -0.1) is 0 Å². The van der Waals surface area contributed by atoms with Gasteiger partial charge in [0.2, 0.25) is 0 Å². The standard InChI is InChI=1S/C12H15ClN2O/c13-11-3-1-2-10(6-11)12(16)15-7-9(8-15)4-5-14/h1-3,6,9H,4-5,7-8,14H2. The molecule has 2 rings (SSSR count). The Kier molecular flexibility index (Phi) is 3.46. The van der Waals surface area contributed by atoms with E-state index in [4.69, 9.17) is 17.3 Å². The first-order chi connectivity index (χ1) is 7.70. The molecule has 1 aliphatic heterocycles. The fraction of sp³-hybridized carbons (Fsp3) is 0.417. The lowest BCUT2D eigenvalue weighted by molar-refractivity contribution is 0.0490. The fourth-order valence-corrected chi connectivity index (χ4v) is 2.15. The number of rotatable bonds is 3. The SMILES string of the molecule is NCCC1CN(C(=O)c2cccc(Cl)c2)C1. The van der Waals surface area contributed by atoms with E-state index < -0.39 is 0 Å². The van der Waals surface area contributed by atoms with Crippen LogP contribution in [0, 0.1) is 5.92 Å². The van der Waals surface area contributed by atoms with E-state index in [1.807, 2.05) is 4.90 Å². The van der Waals surface area contributed by atoms with Crippen molar-refractivity contribution in [3.05, 3.63) is 34.9 Å². The molecule has 0 saturated carbocycles. The first-order valence-corrected chi connectivity index (χ1v) is 5.83. The number of nitrogens with two attached hydrogens (primary N) is 1. The summed E-state index contributed by atoms with van der Waals surface area (Å²) < 4.78 is 0. The van der Waals surface area contributed by atoms with Crippen molar-refractivity contribution in [2.45, 2.75) is 6.42 Å². The van der Waals surface area contributed by atoms with Gasteiger partial charge < -0.3 is 10.6 Å². The van der Waals surface area contributed by atoms with Gasteiger partial charge in [-0.3, -0.25) is 4.79 Å². The lowest BCUT2D eigenvalue weighted by Gasteiger charge is -2.39. The smallest absolute Gasteiger partial charge is 0.253 e. The molecule has 0 spiro atoms. The van der Waals surface area contributed by atoms with E-state index in [0.29, 0.717) is 23.0 Å². The average Bonchev–Trinajstić information content (AvgIpc) is 2.22. The van der Waals surface area contributed by atoms with Crippen molar-refractivity contribution >= 4 is 17.5 Å². The number of likely N-dealkylation sites (tertiary alicyclic amines) is 1. The van der Waals surface area contributed by atoms with Crippen LogP contribution < -0.4 is 5.73 Å². The van der Waals surface area contributed by atoms with E-state index in [-0.39, 0.29) is 5.91 Å². The number of halogens is 1. The van der Waals surface area contributed by atoms with Crippen LogP contribution >= 0.6 is 11.6 Å². The Hall–Kier alpha value is -1.06. The Morgan fingerprint density at radius 1 is 1.50 bits per heavy atom. The van der Waals surface area contributed by atoms with Gasteiger partial charge in [0.25, 0.3) is 5.91 Å². The zero-order valence-electron chi connectivity index (χ0n) is 9.03. The molecule has 0 unspecified atom stereocenters. The van der Waals surface area contributed by atoms with Crippen molar-refractivity contribution in [1.29, 1.82) is 0 Å². The second-order valence-corrected chi connectivity index (χ2v) is 4.60. The quantitative estimate of drug-likeness (QED) is 0.872. The molecule has 1 saturated heterocycles. The van der Waals surface area contributed by atoms with Crippen molar-refractivity contribution in [2.24, 2.45) is 11.7 Å². The van der Waals surface area contributed by atoms with E-state index in [9.17, 15) is 4.79 Å². The maximum atomic E-state index is 12.0. The van der Waals surface area contributed by atoms with Crippen LogP contribution in [0.4, 0.5) is 0 Å². The molecule has 1 aromatic carbocycles. The van der Waals surface area contributed by atoms with E-state index in [1.54, 1.807) is 24.3 Å². The van der Waals surface area contributed by atoms with Crippen LogP contribution in [0.2, 0.25) is 5.02 Å². The second-order valence-electron chi connectivity index (χ2n) is 4.16. The van der Waals surface area contributed by atoms with Crippen molar-refractivity contribution in [2.75, 3.05) is 19.6 Å². The number of carbonyl (C=O) groups is 1. The molecule has 1 heterocycles. The summed E-state index contributed by atoms with van der Waals surface area (Å²) in [6.07, 6.45) is 0.999. The van der Waals surface area contributed by atoms with E-state index in [2.05, 4.69) is 0 Å². The minimum atomic E-state index is 0.0655. The Labute approximate surface area is 100 Å². The molecule has 16 heavy (non-hydrogen) atoms. The minimum Gasteiger partial charge on any atom is -0.338 e. The van der Waals surface area contributed by atoms with E-state index >= 15 is 0 Å². The van der Waals surface area contributed by atoms with Crippen LogP contribution in [0.3, 0.4) is 0 Å². The van der Waals surface area contributed by atoms with Crippen LogP contribution in [0.25, 0.3) is 0 Å². The Morgan fingerprint density at radius 2 is 2.25 bits per heavy atom. The second kappa shape index (κ2) is 4.85. The monoisotopic (exact) mass is 238 g/mol. The Morgan fingerprint density at radius 3 is 2.88 bits per heavy atom. The average molecular weight is 239 g/mol. The maximum absolute atomic E-state index is 12.0.